The standard InChI is InChI=1S/C24H25N5O4S/c1-4-15(2)25-20(17-8-6-10-19(13-17)33-3)14-22-26-24-28(27-22)23(30)21(34-24)12-16-7-5-9-18(11-16)29(31)32/h5-13,15,20,25H,4,14H2,1-3H3/b21-12-. The van der Waals surface area contributed by atoms with Gasteiger partial charge in [0.25, 0.3) is 11.2 Å². The van der Waals surface area contributed by atoms with E-state index in [4.69, 9.17) is 4.74 Å². The number of aromatic nitrogens is 3. The van der Waals surface area contributed by atoms with Crippen LogP contribution in [0.1, 0.15) is 43.3 Å². The molecule has 0 bridgehead atoms. The number of ether oxygens (including phenoxy) is 1. The molecule has 0 radical (unpaired) electrons. The van der Waals surface area contributed by atoms with Crippen LogP contribution in [0, 0.1) is 10.1 Å². The zero-order valence-corrected chi connectivity index (χ0v) is 19.9. The summed E-state index contributed by atoms with van der Waals surface area (Å²) in [4.78, 5) is 28.5. The van der Waals surface area contributed by atoms with E-state index >= 15 is 0 Å². The zero-order valence-electron chi connectivity index (χ0n) is 19.1. The molecule has 2 heterocycles. The van der Waals surface area contributed by atoms with Gasteiger partial charge in [-0.3, -0.25) is 14.9 Å². The van der Waals surface area contributed by atoms with Crippen molar-refractivity contribution in [2.75, 3.05) is 7.11 Å². The first-order chi connectivity index (χ1) is 16.4. The van der Waals surface area contributed by atoms with Crippen molar-refractivity contribution in [3.8, 4) is 5.75 Å². The van der Waals surface area contributed by atoms with Crippen molar-refractivity contribution in [3.05, 3.63) is 90.5 Å². The Morgan fingerprint density at radius 1 is 1.26 bits per heavy atom. The van der Waals surface area contributed by atoms with E-state index in [1.165, 1.54) is 28.0 Å². The summed E-state index contributed by atoms with van der Waals surface area (Å²) < 4.78 is 7.10. The van der Waals surface area contributed by atoms with Crippen LogP contribution in [0.15, 0.2) is 53.3 Å². The Morgan fingerprint density at radius 3 is 2.76 bits per heavy atom. The number of nitro benzene ring substituents is 1. The van der Waals surface area contributed by atoms with Crippen molar-refractivity contribution in [3.63, 3.8) is 0 Å². The molecule has 0 aliphatic rings. The van der Waals surface area contributed by atoms with Gasteiger partial charge in [-0.05, 0) is 42.7 Å². The van der Waals surface area contributed by atoms with Crippen molar-refractivity contribution < 1.29 is 9.66 Å². The van der Waals surface area contributed by atoms with E-state index in [9.17, 15) is 14.9 Å². The van der Waals surface area contributed by atoms with Crippen LogP contribution in [-0.2, 0) is 6.42 Å². The second-order valence-corrected chi connectivity index (χ2v) is 9.01. The number of hydrogen-bond acceptors (Lipinski definition) is 8. The van der Waals surface area contributed by atoms with Gasteiger partial charge in [0.2, 0.25) is 4.96 Å². The first kappa shape index (κ1) is 23.5. The number of non-ortho nitro benzene ring substituents is 1. The number of benzene rings is 2. The molecule has 4 rings (SSSR count). The lowest BCUT2D eigenvalue weighted by molar-refractivity contribution is -0.384. The quantitative estimate of drug-likeness (QED) is 0.290. The molecule has 34 heavy (non-hydrogen) atoms. The average molecular weight is 480 g/mol. The number of hydrogen-bond donors (Lipinski definition) is 1. The van der Waals surface area contributed by atoms with E-state index in [0.29, 0.717) is 27.3 Å². The fourth-order valence-corrected chi connectivity index (χ4v) is 4.54. The Kier molecular flexibility index (Phi) is 6.99. The number of nitrogens with zero attached hydrogens (tertiary/aromatic N) is 4. The molecule has 176 valence electrons. The SMILES string of the molecule is CCC(C)NC(Cc1nc2s/c(=C\c3cccc([N+](=O)[O-])c3)c(=O)n2n1)c1cccc(OC)c1. The molecule has 1 N–H and O–H groups in total. The maximum Gasteiger partial charge on any atom is 0.291 e. The molecule has 9 nitrogen and oxygen atoms in total. The van der Waals surface area contributed by atoms with Gasteiger partial charge >= 0.3 is 0 Å². The van der Waals surface area contributed by atoms with Crippen molar-refractivity contribution in [2.24, 2.45) is 0 Å². The molecule has 2 unspecified atom stereocenters. The first-order valence-electron chi connectivity index (χ1n) is 10.9. The Balaban J connectivity index is 1.65. The fraction of sp³-hybridized carbons (Fsp3) is 0.292. The van der Waals surface area contributed by atoms with Crippen LogP contribution in [-0.4, -0.2) is 32.7 Å². The molecule has 0 saturated carbocycles. The topological polar surface area (TPSA) is 112 Å². The highest BCUT2D eigenvalue weighted by Gasteiger charge is 2.19. The number of methoxy groups -OCH3 is 1. The van der Waals surface area contributed by atoms with Crippen LogP contribution in [0.4, 0.5) is 5.69 Å². The summed E-state index contributed by atoms with van der Waals surface area (Å²) in [6, 6.07) is 14.3. The zero-order chi connectivity index (χ0) is 24.2. The number of nitrogens with one attached hydrogen (secondary N) is 1. The third-order valence-electron chi connectivity index (χ3n) is 5.59. The van der Waals surface area contributed by atoms with Gasteiger partial charge in [0, 0.05) is 30.6 Å². The van der Waals surface area contributed by atoms with Crippen molar-refractivity contribution in [1.29, 1.82) is 0 Å². The van der Waals surface area contributed by atoms with Crippen LogP contribution < -0.4 is 20.1 Å². The minimum absolute atomic E-state index is 0.0275. The molecule has 0 aliphatic carbocycles. The lowest BCUT2D eigenvalue weighted by atomic mass is 10.0. The highest BCUT2D eigenvalue weighted by atomic mass is 32.1. The lowest BCUT2D eigenvalue weighted by Crippen LogP contribution is -2.31. The van der Waals surface area contributed by atoms with Gasteiger partial charge in [0.05, 0.1) is 16.6 Å². The average Bonchev–Trinajstić information content (AvgIpc) is 3.36. The van der Waals surface area contributed by atoms with Crippen LogP contribution >= 0.6 is 11.3 Å². The minimum Gasteiger partial charge on any atom is -0.497 e. The number of thiazole rings is 1. The number of rotatable bonds is 9. The monoisotopic (exact) mass is 479 g/mol. The Hall–Kier alpha value is -3.63. The number of fused-ring (bicyclic) bond motifs is 1. The van der Waals surface area contributed by atoms with Crippen LogP contribution in [0.5, 0.6) is 5.75 Å². The molecule has 0 aliphatic heterocycles. The highest BCUT2D eigenvalue weighted by molar-refractivity contribution is 7.15. The molecule has 0 fully saturated rings. The second-order valence-electron chi connectivity index (χ2n) is 8.00. The van der Waals surface area contributed by atoms with E-state index in [1.54, 1.807) is 25.3 Å². The maximum absolute atomic E-state index is 12.9. The molecule has 4 aromatic rings. The summed E-state index contributed by atoms with van der Waals surface area (Å²) in [6.07, 6.45) is 3.10. The van der Waals surface area contributed by atoms with Crippen molar-refractivity contribution in [2.45, 2.75) is 38.8 Å². The van der Waals surface area contributed by atoms with E-state index in [-0.39, 0.29) is 23.3 Å². The van der Waals surface area contributed by atoms with Gasteiger partial charge in [-0.2, -0.15) is 4.52 Å². The van der Waals surface area contributed by atoms with Crippen molar-refractivity contribution >= 4 is 28.1 Å². The number of nitro groups is 1. The van der Waals surface area contributed by atoms with Gasteiger partial charge in [-0.25, -0.2) is 4.98 Å². The van der Waals surface area contributed by atoms with Gasteiger partial charge in [0.15, 0.2) is 5.82 Å². The Labute approximate surface area is 199 Å². The highest BCUT2D eigenvalue weighted by Crippen LogP contribution is 2.23. The lowest BCUT2D eigenvalue weighted by Gasteiger charge is -2.22. The van der Waals surface area contributed by atoms with Crippen molar-refractivity contribution in [1.82, 2.24) is 19.9 Å². The van der Waals surface area contributed by atoms with E-state index in [0.717, 1.165) is 17.7 Å². The normalized spacial score (nSPS) is 13.8. The molecular formula is C24H25N5O4S. The Morgan fingerprint density at radius 2 is 2.06 bits per heavy atom. The molecule has 10 heteroatoms. The smallest absolute Gasteiger partial charge is 0.291 e. The fourth-order valence-electron chi connectivity index (χ4n) is 3.62. The first-order valence-corrected chi connectivity index (χ1v) is 11.7. The molecule has 0 amide bonds. The van der Waals surface area contributed by atoms with Gasteiger partial charge < -0.3 is 10.1 Å². The minimum atomic E-state index is -0.462. The third-order valence-corrected chi connectivity index (χ3v) is 6.54. The summed E-state index contributed by atoms with van der Waals surface area (Å²) in [6.45, 7) is 4.24. The summed E-state index contributed by atoms with van der Waals surface area (Å²) in [5.74, 6) is 1.34. The predicted octanol–water partition coefficient (Wildman–Crippen LogP) is 3.29. The van der Waals surface area contributed by atoms with Gasteiger partial charge in [0.1, 0.15) is 5.75 Å². The van der Waals surface area contributed by atoms with Gasteiger partial charge in [-0.1, -0.05) is 42.5 Å². The second kappa shape index (κ2) is 10.1. The Bertz CT molecular complexity index is 1430. The molecular weight excluding hydrogens is 454 g/mol. The molecule has 2 aromatic heterocycles. The third kappa shape index (κ3) is 5.13. The largest absolute Gasteiger partial charge is 0.497 e. The van der Waals surface area contributed by atoms with Gasteiger partial charge in [-0.15, -0.1) is 5.10 Å². The molecule has 0 spiro atoms. The predicted molar refractivity (Wildman–Crippen MR) is 131 cm³/mol. The van der Waals surface area contributed by atoms with Crippen LogP contribution in [0.3, 0.4) is 0 Å². The summed E-state index contributed by atoms with van der Waals surface area (Å²) in [5, 5.41) is 19.1. The van der Waals surface area contributed by atoms with E-state index < -0.39 is 4.92 Å². The molecule has 2 atom stereocenters. The molecule has 2 aromatic carbocycles. The summed E-state index contributed by atoms with van der Waals surface area (Å²) in [7, 11) is 1.64. The van der Waals surface area contributed by atoms with Crippen LogP contribution in [0.2, 0.25) is 0 Å². The van der Waals surface area contributed by atoms with E-state index in [1.807, 2.05) is 24.3 Å². The van der Waals surface area contributed by atoms with Crippen LogP contribution in [0.25, 0.3) is 11.0 Å². The summed E-state index contributed by atoms with van der Waals surface area (Å²) >= 11 is 1.21. The maximum atomic E-state index is 12.9. The summed E-state index contributed by atoms with van der Waals surface area (Å²) in [5.41, 5.74) is 1.31. The molecule has 0 saturated heterocycles. The van der Waals surface area contributed by atoms with E-state index in [2.05, 4.69) is 29.2 Å².